The number of ether oxygens (including phenoxy) is 1. The van der Waals surface area contributed by atoms with Gasteiger partial charge in [0.1, 0.15) is 11.6 Å². The maximum absolute atomic E-state index is 12.8. The topological polar surface area (TPSA) is 55.4 Å². The Balaban J connectivity index is 1.93. The molecule has 17 heavy (non-hydrogen) atoms. The minimum absolute atomic E-state index is 0.101. The molecule has 0 atom stereocenters. The van der Waals surface area contributed by atoms with Crippen molar-refractivity contribution in [2.45, 2.75) is 18.9 Å². The lowest BCUT2D eigenvalue weighted by Gasteiger charge is -2.08. The maximum Gasteiger partial charge on any atom is 0.258 e. The van der Waals surface area contributed by atoms with Crippen molar-refractivity contribution >= 4 is 12.2 Å². The van der Waals surface area contributed by atoms with Crippen molar-refractivity contribution < 1.29 is 18.7 Å². The van der Waals surface area contributed by atoms with Crippen molar-refractivity contribution in [3.8, 4) is 5.75 Å². The zero-order valence-corrected chi connectivity index (χ0v) is 9.11. The summed E-state index contributed by atoms with van der Waals surface area (Å²) in [7, 11) is 0. The number of nitrogens with one attached hydrogen (secondary N) is 1. The molecule has 0 unspecified atom stereocenters. The molecular weight excluding hydrogens is 225 g/mol. The zero-order valence-electron chi connectivity index (χ0n) is 9.11. The summed E-state index contributed by atoms with van der Waals surface area (Å²) in [6, 6.07) is 3.86. The first-order valence-electron chi connectivity index (χ1n) is 5.36. The average molecular weight is 237 g/mol. The molecule has 0 spiro atoms. The number of halogens is 1. The lowest BCUT2D eigenvalue weighted by Crippen LogP contribution is -2.30. The number of aldehydes is 1. The van der Waals surface area contributed by atoms with Crippen LogP contribution in [0.25, 0.3) is 0 Å². The molecule has 0 bridgehead atoms. The fraction of sp³-hybridized carbons (Fsp3) is 0.333. The van der Waals surface area contributed by atoms with Crippen LogP contribution in [0.3, 0.4) is 0 Å². The molecule has 2 rings (SSSR count). The third-order valence-corrected chi connectivity index (χ3v) is 2.40. The molecular formula is C12H12FNO3. The Labute approximate surface area is 97.8 Å². The first kappa shape index (κ1) is 11.6. The largest absolute Gasteiger partial charge is 0.483 e. The molecule has 0 heterocycles. The van der Waals surface area contributed by atoms with Crippen LogP contribution in [0.2, 0.25) is 0 Å². The van der Waals surface area contributed by atoms with Crippen LogP contribution in [0, 0.1) is 5.82 Å². The summed E-state index contributed by atoms with van der Waals surface area (Å²) >= 11 is 0. The van der Waals surface area contributed by atoms with E-state index >= 15 is 0 Å². The van der Waals surface area contributed by atoms with Gasteiger partial charge in [0, 0.05) is 6.04 Å². The van der Waals surface area contributed by atoms with Crippen LogP contribution < -0.4 is 10.1 Å². The van der Waals surface area contributed by atoms with Crippen molar-refractivity contribution in [2.75, 3.05) is 6.61 Å². The van der Waals surface area contributed by atoms with Gasteiger partial charge in [0.2, 0.25) is 0 Å². The summed E-state index contributed by atoms with van der Waals surface area (Å²) in [6.45, 7) is -0.164. The number of carbonyl (C=O) groups excluding carboxylic acids is 2. The molecule has 0 saturated heterocycles. The molecule has 1 amide bonds. The van der Waals surface area contributed by atoms with Gasteiger partial charge in [0.25, 0.3) is 5.91 Å². The first-order valence-corrected chi connectivity index (χ1v) is 5.36. The van der Waals surface area contributed by atoms with Gasteiger partial charge < -0.3 is 10.1 Å². The molecule has 90 valence electrons. The van der Waals surface area contributed by atoms with Crippen LogP contribution in [-0.4, -0.2) is 24.8 Å². The monoisotopic (exact) mass is 237 g/mol. The smallest absolute Gasteiger partial charge is 0.258 e. The SMILES string of the molecule is O=Cc1cc(F)ccc1OCC(=O)NC1CC1. The summed E-state index contributed by atoms with van der Waals surface area (Å²) in [6.07, 6.45) is 2.50. The van der Waals surface area contributed by atoms with E-state index in [2.05, 4.69) is 5.32 Å². The van der Waals surface area contributed by atoms with Crippen LogP contribution in [0.1, 0.15) is 23.2 Å². The fourth-order valence-electron chi connectivity index (χ4n) is 1.38. The second-order valence-electron chi connectivity index (χ2n) is 3.93. The summed E-state index contributed by atoms with van der Waals surface area (Å²) in [5.74, 6) is -0.525. The maximum atomic E-state index is 12.8. The standard InChI is InChI=1S/C12H12FNO3/c13-9-1-4-11(8(5-9)6-15)17-7-12(16)14-10-2-3-10/h1,4-6,10H,2-3,7H2,(H,14,16). The van der Waals surface area contributed by atoms with Gasteiger partial charge >= 0.3 is 0 Å². The van der Waals surface area contributed by atoms with Gasteiger partial charge in [-0.1, -0.05) is 0 Å². The average Bonchev–Trinajstić information content (AvgIpc) is 3.11. The van der Waals surface area contributed by atoms with E-state index in [-0.39, 0.29) is 29.9 Å². The number of amides is 1. The van der Waals surface area contributed by atoms with E-state index in [1.807, 2.05) is 0 Å². The normalized spacial score (nSPS) is 14.2. The van der Waals surface area contributed by atoms with E-state index < -0.39 is 5.82 Å². The minimum atomic E-state index is -0.512. The van der Waals surface area contributed by atoms with E-state index in [1.165, 1.54) is 12.1 Å². The van der Waals surface area contributed by atoms with E-state index in [9.17, 15) is 14.0 Å². The summed E-state index contributed by atoms with van der Waals surface area (Å²) in [5, 5.41) is 2.75. The third-order valence-electron chi connectivity index (χ3n) is 2.40. The second-order valence-corrected chi connectivity index (χ2v) is 3.93. The molecule has 1 aromatic rings. The molecule has 1 aliphatic rings. The molecule has 1 aliphatic carbocycles. The molecule has 0 aromatic heterocycles. The van der Waals surface area contributed by atoms with Crippen LogP contribution in [0.15, 0.2) is 18.2 Å². The lowest BCUT2D eigenvalue weighted by atomic mass is 10.2. The fourth-order valence-corrected chi connectivity index (χ4v) is 1.38. The molecule has 1 aromatic carbocycles. The quantitative estimate of drug-likeness (QED) is 0.785. The number of carbonyl (C=O) groups is 2. The van der Waals surface area contributed by atoms with Gasteiger partial charge in [0.15, 0.2) is 12.9 Å². The Morgan fingerprint density at radius 1 is 1.53 bits per heavy atom. The van der Waals surface area contributed by atoms with Gasteiger partial charge in [-0.3, -0.25) is 9.59 Å². The van der Waals surface area contributed by atoms with Crippen molar-refractivity contribution in [3.63, 3.8) is 0 Å². The van der Waals surface area contributed by atoms with Gasteiger partial charge in [0.05, 0.1) is 5.56 Å². The highest BCUT2D eigenvalue weighted by Crippen LogP contribution is 2.19. The van der Waals surface area contributed by atoms with Crippen molar-refractivity contribution in [2.24, 2.45) is 0 Å². The predicted octanol–water partition coefficient (Wildman–Crippen LogP) is 1.30. The summed E-state index contributed by atoms with van der Waals surface area (Å²) in [4.78, 5) is 22.0. The number of benzene rings is 1. The van der Waals surface area contributed by atoms with Crippen LogP contribution in [-0.2, 0) is 4.79 Å². The Kier molecular flexibility index (Phi) is 3.37. The lowest BCUT2D eigenvalue weighted by molar-refractivity contribution is -0.123. The van der Waals surface area contributed by atoms with Crippen molar-refractivity contribution in [1.82, 2.24) is 5.32 Å². The first-order chi connectivity index (χ1) is 8.19. The Bertz CT molecular complexity index is 443. The Morgan fingerprint density at radius 3 is 2.94 bits per heavy atom. The van der Waals surface area contributed by atoms with Gasteiger partial charge in [-0.2, -0.15) is 0 Å². The highest BCUT2D eigenvalue weighted by atomic mass is 19.1. The summed E-state index contributed by atoms with van der Waals surface area (Å²) in [5.41, 5.74) is 0.101. The van der Waals surface area contributed by atoms with Crippen LogP contribution >= 0.6 is 0 Å². The van der Waals surface area contributed by atoms with E-state index in [4.69, 9.17) is 4.74 Å². The van der Waals surface area contributed by atoms with Crippen LogP contribution in [0.5, 0.6) is 5.75 Å². The third kappa shape index (κ3) is 3.27. The molecule has 1 N–H and O–H groups in total. The summed E-state index contributed by atoms with van der Waals surface area (Å²) < 4.78 is 18.0. The number of hydrogen-bond donors (Lipinski definition) is 1. The minimum Gasteiger partial charge on any atom is -0.483 e. The van der Waals surface area contributed by atoms with Crippen molar-refractivity contribution in [1.29, 1.82) is 0 Å². The highest BCUT2D eigenvalue weighted by Gasteiger charge is 2.23. The molecule has 1 fully saturated rings. The second kappa shape index (κ2) is 4.95. The van der Waals surface area contributed by atoms with E-state index in [0.29, 0.717) is 6.29 Å². The Morgan fingerprint density at radius 2 is 2.29 bits per heavy atom. The number of rotatable bonds is 5. The molecule has 0 radical (unpaired) electrons. The Hall–Kier alpha value is -1.91. The molecule has 0 aliphatic heterocycles. The van der Waals surface area contributed by atoms with Crippen LogP contribution in [0.4, 0.5) is 4.39 Å². The molecule has 1 saturated carbocycles. The molecule has 4 nitrogen and oxygen atoms in total. The highest BCUT2D eigenvalue weighted by molar-refractivity contribution is 5.81. The van der Waals surface area contributed by atoms with Gasteiger partial charge in [-0.25, -0.2) is 4.39 Å². The zero-order chi connectivity index (χ0) is 12.3. The predicted molar refractivity (Wildman–Crippen MR) is 58.4 cm³/mol. The van der Waals surface area contributed by atoms with E-state index in [0.717, 1.165) is 18.9 Å². The van der Waals surface area contributed by atoms with Crippen molar-refractivity contribution in [3.05, 3.63) is 29.6 Å². The van der Waals surface area contributed by atoms with Gasteiger partial charge in [-0.05, 0) is 31.0 Å². The van der Waals surface area contributed by atoms with Gasteiger partial charge in [-0.15, -0.1) is 0 Å². The van der Waals surface area contributed by atoms with E-state index in [1.54, 1.807) is 0 Å². The number of hydrogen-bond acceptors (Lipinski definition) is 3. The molecule has 5 heteroatoms.